The molecule has 0 saturated carbocycles. The van der Waals surface area contributed by atoms with E-state index in [1.807, 2.05) is 13.8 Å². The molecule has 26 heavy (non-hydrogen) atoms. The van der Waals surface area contributed by atoms with Crippen molar-refractivity contribution in [2.45, 2.75) is 53.0 Å². The summed E-state index contributed by atoms with van der Waals surface area (Å²) in [6.07, 6.45) is 2.35. The van der Waals surface area contributed by atoms with Gasteiger partial charge in [-0.05, 0) is 33.1 Å². The van der Waals surface area contributed by atoms with Crippen LogP contribution in [0.1, 0.15) is 66.4 Å². The van der Waals surface area contributed by atoms with Crippen molar-refractivity contribution in [2.75, 3.05) is 13.1 Å². The van der Waals surface area contributed by atoms with E-state index in [9.17, 15) is 14.4 Å². The second kappa shape index (κ2) is 8.62. The Hall–Kier alpha value is -1.96. The maximum atomic E-state index is 12.6. The number of aryl methyl sites for hydroxylation is 1. The molecule has 2 rings (SSSR count). The van der Waals surface area contributed by atoms with Crippen LogP contribution in [0.2, 0.25) is 0 Å². The fourth-order valence-electron chi connectivity index (χ4n) is 3.07. The van der Waals surface area contributed by atoms with Gasteiger partial charge >= 0.3 is 5.97 Å². The molecule has 2 N–H and O–H groups in total. The van der Waals surface area contributed by atoms with E-state index in [1.165, 1.54) is 0 Å². The molecular formula is C18H27N3O4S. The normalized spacial score (nSPS) is 19.7. The highest BCUT2D eigenvalue weighted by atomic mass is 32.1. The van der Waals surface area contributed by atoms with Gasteiger partial charge in [0.2, 0.25) is 11.8 Å². The van der Waals surface area contributed by atoms with Gasteiger partial charge in [0.25, 0.3) is 0 Å². The number of hydrogen-bond donors (Lipinski definition) is 2. The topological polar surface area (TPSA) is 99.6 Å². The van der Waals surface area contributed by atoms with Gasteiger partial charge < -0.3 is 15.3 Å². The Morgan fingerprint density at radius 2 is 2.08 bits per heavy atom. The Morgan fingerprint density at radius 3 is 2.65 bits per heavy atom. The summed E-state index contributed by atoms with van der Waals surface area (Å²) in [6.45, 7) is 8.50. The Kier molecular flexibility index (Phi) is 6.75. The first kappa shape index (κ1) is 20.4. The second-order valence-corrected chi connectivity index (χ2v) is 7.97. The number of nitrogens with zero attached hydrogens (tertiary/aromatic N) is 2. The van der Waals surface area contributed by atoms with Crippen LogP contribution >= 0.6 is 11.3 Å². The minimum atomic E-state index is -1.00. The van der Waals surface area contributed by atoms with Crippen molar-refractivity contribution in [3.8, 4) is 0 Å². The molecule has 1 aromatic heterocycles. The Bertz CT molecular complexity index is 688. The second-order valence-electron chi connectivity index (χ2n) is 6.93. The van der Waals surface area contributed by atoms with E-state index in [4.69, 9.17) is 5.11 Å². The third kappa shape index (κ3) is 4.60. The van der Waals surface area contributed by atoms with E-state index in [2.05, 4.69) is 10.3 Å². The predicted molar refractivity (Wildman–Crippen MR) is 99.1 cm³/mol. The summed E-state index contributed by atoms with van der Waals surface area (Å²) >= 11 is 1.09. The van der Waals surface area contributed by atoms with Crippen LogP contribution in [-0.2, 0) is 9.59 Å². The van der Waals surface area contributed by atoms with Crippen molar-refractivity contribution < 1.29 is 19.5 Å². The number of carboxylic acids is 1. The summed E-state index contributed by atoms with van der Waals surface area (Å²) < 4.78 is 0. The zero-order chi connectivity index (χ0) is 19.4. The lowest BCUT2D eigenvalue weighted by atomic mass is 9.95. The van der Waals surface area contributed by atoms with Gasteiger partial charge in [0.05, 0.1) is 17.7 Å². The lowest BCUT2D eigenvalue weighted by Crippen LogP contribution is -2.47. The molecule has 1 aliphatic heterocycles. The van der Waals surface area contributed by atoms with Gasteiger partial charge in [-0.25, -0.2) is 9.78 Å². The van der Waals surface area contributed by atoms with Crippen LogP contribution in [0.3, 0.4) is 0 Å². The standard InChI is InChI=1S/C18H27N3O4S/c1-5-10(2)17(23)21-8-6-7-13(9-21)15(22)19-12(4)16-20-11(3)14(26-16)18(24)25/h10,12-13H,5-9H2,1-4H3,(H,19,22)(H,24,25). The third-order valence-corrected chi connectivity index (χ3v) is 6.20. The van der Waals surface area contributed by atoms with Crippen LogP contribution < -0.4 is 5.32 Å². The van der Waals surface area contributed by atoms with E-state index in [1.54, 1.807) is 18.7 Å². The van der Waals surface area contributed by atoms with Crippen molar-refractivity contribution in [1.29, 1.82) is 0 Å². The highest BCUT2D eigenvalue weighted by Crippen LogP contribution is 2.25. The number of likely N-dealkylation sites (tertiary alicyclic amines) is 1. The molecule has 1 aliphatic rings. The monoisotopic (exact) mass is 381 g/mol. The van der Waals surface area contributed by atoms with E-state index >= 15 is 0 Å². The summed E-state index contributed by atoms with van der Waals surface area (Å²) in [6, 6.07) is -0.361. The lowest BCUT2D eigenvalue weighted by Gasteiger charge is -2.34. The molecule has 7 nitrogen and oxygen atoms in total. The molecule has 144 valence electrons. The van der Waals surface area contributed by atoms with E-state index in [0.717, 1.165) is 30.6 Å². The number of amides is 2. The number of aromatic nitrogens is 1. The smallest absolute Gasteiger partial charge is 0.347 e. The van der Waals surface area contributed by atoms with Crippen LogP contribution in [0.4, 0.5) is 0 Å². The number of carboxylic acid groups (broad SMARTS) is 1. The maximum Gasteiger partial charge on any atom is 0.347 e. The molecule has 0 radical (unpaired) electrons. The first-order valence-corrected chi connectivity index (χ1v) is 9.86. The third-order valence-electron chi connectivity index (χ3n) is 4.87. The molecule has 0 aliphatic carbocycles. The highest BCUT2D eigenvalue weighted by Gasteiger charge is 2.31. The molecule has 3 unspecified atom stereocenters. The first-order valence-electron chi connectivity index (χ1n) is 9.04. The average molecular weight is 381 g/mol. The van der Waals surface area contributed by atoms with E-state index in [-0.39, 0.29) is 34.6 Å². The minimum Gasteiger partial charge on any atom is -0.477 e. The lowest BCUT2D eigenvalue weighted by molar-refractivity contribution is -0.139. The van der Waals surface area contributed by atoms with Crippen molar-refractivity contribution in [3.05, 3.63) is 15.6 Å². The quantitative estimate of drug-likeness (QED) is 0.789. The molecule has 0 aromatic carbocycles. The maximum absolute atomic E-state index is 12.6. The van der Waals surface area contributed by atoms with Crippen LogP contribution in [-0.4, -0.2) is 45.9 Å². The fourth-order valence-corrected chi connectivity index (χ4v) is 3.98. The van der Waals surface area contributed by atoms with Crippen molar-refractivity contribution in [1.82, 2.24) is 15.2 Å². The summed E-state index contributed by atoms with van der Waals surface area (Å²) in [4.78, 5) is 42.4. The predicted octanol–water partition coefficient (Wildman–Crippen LogP) is 2.61. The molecule has 1 aromatic rings. The zero-order valence-electron chi connectivity index (χ0n) is 15.7. The van der Waals surface area contributed by atoms with E-state index in [0.29, 0.717) is 23.8 Å². The highest BCUT2D eigenvalue weighted by molar-refractivity contribution is 7.13. The van der Waals surface area contributed by atoms with Crippen LogP contribution in [0.25, 0.3) is 0 Å². The fraction of sp³-hybridized carbons (Fsp3) is 0.667. The Balaban J connectivity index is 1.99. The Labute approximate surface area is 157 Å². The molecule has 1 saturated heterocycles. The number of nitrogens with one attached hydrogen (secondary N) is 1. The molecule has 2 amide bonds. The largest absolute Gasteiger partial charge is 0.477 e. The van der Waals surface area contributed by atoms with Gasteiger partial charge in [-0.1, -0.05) is 13.8 Å². The van der Waals surface area contributed by atoms with Gasteiger partial charge in [-0.3, -0.25) is 9.59 Å². The van der Waals surface area contributed by atoms with Gasteiger partial charge in [0.15, 0.2) is 0 Å². The number of thiazole rings is 1. The van der Waals surface area contributed by atoms with Crippen molar-refractivity contribution in [3.63, 3.8) is 0 Å². The molecule has 0 spiro atoms. The molecule has 2 heterocycles. The average Bonchev–Trinajstić information content (AvgIpc) is 3.02. The van der Waals surface area contributed by atoms with Crippen molar-refractivity contribution >= 4 is 29.1 Å². The Morgan fingerprint density at radius 1 is 1.38 bits per heavy atom. The van der Waals surface area contributed by atoms with Crippen molar-refractivity contribution in [2.24, 2.45) is 11.8 Å². The summed E-state index contributed by atoms with van der Waals surface area (Å²) in [5.74, 6) is -1.26. The zero-order valence-corrected chi connectivity index (χ0v) is 16.6. The van der Waals surface area contributed by atoms with Gasteiger partial charge in [0, 0.05) is 19.0 Å². The number of hydrogen-bond acceptors (Lipinski definition) is 5. The van der Waals surface area contributed by atoms with Gasteiger partial charge in [-0.15, -0.1) is 11.3 Å². The van der Waals surface area contributed by atoms with E-state index < -0.39 is 5.97 Å². The van der Waals surface area contributed by atoms with Crippen LogP contribution in [0.15, 0.2) is 0 Å². The molecule has 3 atom stereocenters. The number of piperidine rings is 1. The molecular weight excluding hydrogens is 354 g/mol. The van der Waals surface area contributed by atoms with Crippen LogP contribution in [0, 0.1) is 18.8 Å². The number of carbonyl (C=O) groups is 3. The molecule has 1 fully saturated rings. The summed E-state index contributed by atoms with van der Waals surface area (Å²) in [5, 5.41) is 12.6. The summed E-state index contributed by atoms with van der Waals surface area (Å²) in [5.41, 5.74) is 0.460. The molecule has 0 bridgehead atoms. The first-order chi connectivity index (χ1) is 12.2. The number of aromatic carboxylic acids is 1. The number of rotatable bonds is 6. The van der Waals surface area contributed by atoms with Gasteiger partial charge in [-0.2, -0.15) is 0 Å². The molecule has 8 heteroatoms. The van der Waals surface area contributed by atoms with Crippen LogP contribution in [0.5, 0.6) is 0 Å². The SMILES string of the molecule is CCC(C)C(=O)N1CCCC(C(=O)NC(C)c2nc(C)c(C(=O)O)s2)C1. The minimum absolute atomic E-state index is 0.0246. The summed E-state index contributed by atoms with van der Waals surface area (Å²) in [7, 11) is 0. The number of carbonyl (C=O) groups excluding carboxylic acids is 2. The van der Waals surface area contributed by atoms with Gasteiger partial charge in [0.1, 0.15) is 9.88 Å².